The van der Waals surface area contributed by atoms with Gasteiger partial charge in [-0.15, -0.1) is 0 Å². The summed E-state index contributed by atoms with van der Waals surface area (Å²) in [6, 6.07) is 6.40. The van der Waals surface area contributed by atoms with Gasteiger partial charge in [0.05, 0.1) is 21.1 Å². The van der Waals surface area contributed by atoms with Gasteiger partial charge in [0.15, 0.2) is 0 Å². The molecule has 0 aromatic heterocycles. The summed E-state index contributed by atoms with van der Waals surface area (Å²) in [5, 5.41) is 19.7. The van der Waals surface area contributed by atoms with Crippen LogP contribution in [0, 0.1) is 27.8 Å². The van der Waals surface area contributed by atoms with E-state index >= 15 is 0 Å². The molecule has 2 rings (SSSR count). The molecule has 0 aliphatic heterocycles. The number of unbranched alkanes of at least 4 members (excludes halogenated alkanes) is 1. The Bertz CT molecular complexity index is 1120. The maximum atomic E-state index is 13.5. The second-order valence-electron chi connectivity index (χ2n) is 5.71. The van der Waals surface area contributed by atoms with Crippen LogP contribution in [0.1, 0.15) is 24.8 Å². The Balaban J connectivity index is 2.31. The minimum Gasteiger partial charge on any atom is -0.481 e. The molecule has 2 aromatic carbocycles. The number of carbonyl (C=O) groups is 1. The number of nitrogens with zero attached hydrogens (tertiary/aromatic N) is 1. The zero-order chi connectivity index (χ0) is 21.6. The molecule has 0 bridgehead atoms. The van der Waals surface area contributed by atoms with Gasteiger partial charge in [-0.2, -0.15) is 4.39 Å². The Kier molecular flexibility index (Phi) is 7.14. The van der Waals surface area contributed by atoms with Crippen LogP contribution < -0.4 is 4.72 Å². The number of carboxylic acids is 1. The van der Waals surface area contributed by atoms with Crippen molar-refractivity contribution in [2.24, 2.45) is 0 Å². The van der Waals surface area contributed by atoms with E-state index in [0.29, 0.717) is 23.6 Å². The number of halogens is 2. The molecule has 8 nitrogen and oxygen atoms in total. The van der Waals surface area contributed by atoms with Gasteiger partial charge >= 0.3 is 11.7 Å². The number of sulfonamides is 1. The average Bonchev–Trinajstić information content (AvgIpc) is 2.63. The normalized spacial score (nSPS) is 10.7. The lowest BCUT2D eigenvalue weighted by Crippen LogP contribution is -2.14. The van der Waals surface area contributed by atoms with Crippen molar-refractivity contribution in [2.75, 3.05) is 4.72 Å². The summed E-state index contributed by atoms with van der Waals surface area (Å²) in [6.07, 6.45) is 0.547. The predicted octanol–water partition coefficient (Wildman–Crippen LogP) is 3.79. The van der Waals surface area contributed by atoms with Crippen molar-refractivity contribution in [1.29, 1.82) is 0 Å². The lowest BCUT2D eigenvalue weighted by Gasteiger charge is -2.10. The number of anilines is 1. The van der Waals surface area contributed by atoms with Crippen LogP contribution in [0.4, 0.5) is 15.8 Å². The highest BCUT2D eigenvalue weighted by molar-refractivity contribution is 7.92. The molecule has 0 unspecified atom stereocenters. The van der Waals surface area contributed by atoms with Crippen LogP contribution >= 0.6 is 11.6 Å². The molecule has 0 radical (unpaired) electrons. The van der Waals surface area contributed by atoms with E-state index < -0.39 is 37.3 Å². The number of rotatable bonds is 7. The Labute approximate surface area is 170 Å². The fraction of sp³-hybridized carbons (Fsp3) is 0.167. The van der Waals surface area contributed by atoms with E-state index in [1.165, 1.54) is 18.2 Å². The highest BCUT2D eigenvalue weighted by Crippen LogP contribution is 2.26. The van der Waals surface area contributed by atoms with Crippen LogP contribution in [0.25, 0.3) is 0 Å². The summed E-state index contributed by atoms with van der Waals surface area (Å²) < 4.78 is 40.9. The molecule has 0 spiro atoms. The largest absolute Gasteiger partial charge is 0.481 e. The molecule has 152 valence electrons. The van der Waals surface area contributed by atoms with E-state index in [-0.39, 0.29) is 24.1 Å². The molecule has 0 heterocycles. The molecule has 0 amide bonds. The number of nitro groups is 1. The van der Waals surface area contributed by atoms with Crippen LogP contribution in [0.5, 0.6) is 0 Å². The van der Waals surface area contributed by atoms with Crippen molar-refractivity contribution in [3.63, 3.8) is 0 Å². The number of carboxylic acid groups (broad SMARTS) is 1. The van der Waals surface area contributed by atoms with Crippen molar-refractivity contribution >= 4 is 39.0 Å². The summed E-state index contributed by atoms with van der Waals surface area (Å²) in [5.41, 5.74) is -0.678. The molecule has 0 saturated carbocycles. The van der Waals surface area contributed by atoms with Gasteiger partial charge in [-0.25, -0.2) is 8.42 Å². The van der Waals surface area contributed by atoms with Crippen molar-refractivity contribution in [2.45, 2.75) is 24.2 Å². The number of nitrogens with one attached hydrogen (secondary N) is 1. The van der Waals surface area contributed by atoms with E-state index in [9.17, 15) is 27.7 Å². The minimum atomic E-state index is -4.28. The van der Waals surface area contributed by atoms with Gasteiger partial charge in [0.1, 0.15) is 0 Å². The fourth-order valence-corrected chi connectivity index (χ4v) is 3.47. The van der Waals surface area contributed by atoms with Gasteiger partial charge in [0, 0.05) is 23.9 Å². The first-order valence-electron chi connectivity index (χ1n) is 8.07. The fourth-order valence-electron chi connectivity index (χ4n) is 2.20. The average molecular weight is 441 g/mol. The van der Waals surface area contributed by atoms with E-state index in [1.807, 2.05) is 0 Å². The molecule has 0 atom stereocenters. The molecule has 0 saturated heterocycles. The maximum Gasteiger partial charge on any atom is 0.306 e. The molecule has 0 aliphatic rings. The lowest BCUT2D eigenvalue weighted by molar-refractivity contribution is -0.387. The highest BCUT2D eigenvalue weighted by Gasteiger charge is 2.22. The molecule has 0 aliphatic carbocycles. The second-order valence-corrected chi connectivity index (χ2v) is 7.83. The SMILES string of the molecule is O=C(O)CCCC#Cc1cc(Cl)ccc1NS(=O)(=O)c1ccc(F)c([N+](=O)[O-])c1. The molecule has 11 heteroatoms. The molecular formula is C18H14ClFN2O6S. The van der Waals surface area contributed by atoms with Crippen molar-refractivity contribution in [3.05, 3.63) is 62.9 Å². The summed E-state index contributed by atoms with van der Waals surface area (Å²) in [5.74, 6) is 3.35. The lowest BCUT2D eigenvalue weighted by atomic mass is 10.1. The second kappa shape index (κ2) is 9.36. The smallest absolute Gasteiger partial charge is 0.306 e. The predicted molar refractivity (Wildman–Crippen MR) is 104 cm³/mol. The van der Waals surface area contributed by atoms with Gasteiger partial charge in [0.25, 0.3) is 10.0 Å². The third kappa shape index (κ3) is 6.17. The van der Waals surface area contributed by atoms with Gasteiger partial charge in [0.2, 0.25) is 5.82 Å². The van der Waals surface area contributed by atoms with Crippen LogP contribution in [0.2, 0.25) is 5.02 Å². The number of hydrogen-bond donors (Lipinski definition) is 2. The molecular weight excluding hydrogens is 427 g/mol. The number of nitro benzene ring substituents is 1. The first-order chi connectivity index (χ1) is 13.6. The molecule has 0 fully saturated rings. The first-order valence-corrected chi connectivity index (χ1v) is 9.93. The first kappa shape index (κ1) is 22.1. The zero-order valence-electron chi connectivity index (χ0n) is 14.7. The van der Waals surface area contributed by atoms with E-state index in [2.05, 4.69) is 16.6 Å². The summed E-state index contributed by atoms with van der Waals surface area (Å²) in [4.78, 5) is 19.8. The van der Waals surface area contributed by atoms with Gasteiger partial charge in [-0.3, -0.25) is 19.6 Å². The summed E-state index contributed by atoms with van der Waals surface area (Å²) in [7, 11) is -4.28. The van der Waals surface area contributed by atoms with Gasteiger partial charge < -0.3 is 5.11 Å². The Morgan fingerprint density at radius 2 is 2.00 bits per heavy atom. The highest BCUT2D eigenvalue weighted by atomic mass is 35.5. The van der Waals surface area contributed by atoms with Crippen molar-refractivity contribution in [1.82, 2.24) is 0 Å². The third-order valence-electron chi connectivity index (χ3n) is 3.57. The Hall–Kier alpha value is -3.16. The van der Waals surface area contributed by atoms with E-state index in [1.54, 1.807) is 0 Å². The molecule has 2 aromatic rings. The number of hydrogen-bond acceptors (Lipinski definition) is 5. The summed E-state index contributed by atoms with van der Waals surface area (Å²) >= 11 is 5.92. The topological polar surface area (TPSA) is 127 Å². The van der Waals surface area contributed by atoms with Crippen molar-refractivity contribution in [3.8, 4) is 11.8 Å². The van der Waals surface area contributed by atoms with Crippen LogP contribution in [-0.2, 0) is 14.8 Å². The zero-order valence-corrected chi connectivity index (χ0v) is 16.3. The van der Waals surface area contributed by atoms with Gasteiger partial charge in [-0.05, 0) is 36.8 Å². The monoisotopic (exact) mass is 440 g/mol. The van der Waals surface area contributed by atoms with E-state index in [0.717, 1.165) is 6.07 Å². The van der Waals surface area contributed by atoms with Crippen LogP contribution in [0.15, 0.2) is 41.3 Å². The van der Waals surface area contributed by atoms with Crippen LogP contribution in [-0.4, -0.2) is 24.4 Å². The number of benzene rings is 2. The van der Waals surface area contributed by atoms with E-state index in [4.69, 9.17) is 16.7 Å². The standard InChI is InChI=1S/C18H14ClFN2O6S/c19-13-6-9-16(12(10-13)4-2-1-3-5-18(23)24)21-29(27,28)14-7-8-15(20)17(11-14)22(25)26/h6-11,21H,1,3,5H2,(H,23,24). The Morgan fingerprint density at radius 3 is 2.66 bits per heavy atom. The number of aliphatic carboxylic acids is 1. The van der Waals surface area contributed by atoms with Crippen LogP contribution in [0.3, 0.4) is 0 Å². The molecule has 29 heavy (non-hydrogen) atoms. The molecule has 2 N–H and O–H groups in total. The van der Waals surface area contributed by atoms with Gasteiger partial charge in [-0.1, -0.05) is 23.4 Å². The minimum absolute atomic E-state index is 0.0486. The third-order valence-corrected chi connectivity index (χ3v) is 5.16. The Morgan fingerprint density at radius 1 is 1.28 bits per heavy atom. The van der Waals surface area contributed by atoms with Crippen molar-refractivity contribution < 1.29 is 27.6 Å². The summed E-state index contributed by atoms with van der Waals surface area (Å²) in [6.45, 7) is 0. The maximum absolute atomic E-state index is 13.5. The quantitative estimate of drug-likeness (QED) is 0.292.